The molecule has 5 nitrogen and oxygen atoms in total. The lowest BCUT2D eigenvalue weighted by atomic mass is 9.83. The molecule has 0 bridgehead atoms. The number of benzene rings is 2. The van der Waals surface area contributed by atoms with Gasteiger partial charge >= 0.3 is 0 Å². The average molecular weight is 428 g/mol. The summed E-state index contributed by atoms with van der Waals surface area (Å²) in [5, 5.41) is 0. The summed E-state index contributed by atoms with van der Waals surface area (Å²) in [5.41, 5.74) is 3.12. The van der Waals surface area contributed by atoms with Crippen molar-refractivity contribution < 1.29 is 9.59 Å². The van der Waals surface area contributed by atoms with Crippen LogP contribution in [0.4, 0.5) is 0 Å². The van der Waals surface area contributed by atoms with Gasteiger partial charge in [-0.3, -0.25) is 14.6 Å². The lowest BCUT2D eigenvalue weighted by Crippen LogP contribution is -2.58. The maximum atomic E-state index is 13.6. The molecule has 4 rings (SSSR count). The Morgan fingerprint density at radius 1 is 0.969 bits per heavy atom. The summed E-state index contributed by atoms with van der Waals surface area (Å²) in [5.74, 6) is -0.0687. The number of hydrogen-bond donors (Lipinski definition) is 0. The van der Waals surface area contributed by atoms with E-state index in [1.807, 2.05) is 53.4 Å². The summed E-state index contributed by atoms with van der Waals surface area (Å²) in [6.07, 6.45) is 3.84. The molecule has 1 saturated heterocycles. The molecule has 164 valence electrons. The van der Waals surface area contributed by atoms with E-state index in [0.717, 1.165) is 28.8 Å². The van der Waals surface area contributed by atoms with Crippen LogP contribution >= 0.6 is 0 Å². The maximum Gasteiger partial charge on any atom is 0.248 e. The highest BCUT2D eigenvalue weighted by molar-refractivity contribution is 5.93. The zero-order valence-corrected chi connectivity index (χ0v) is 18.7. The van der Waals surface area contributed by atoms with Crippen molar-refractivity contribution in [1.29, 1.82) is 0 Å². The van der Waals surface area contributed by atoms with Gasteiger partial charge in [0.25, 0.3) is 0 Å². The van der Waals surface area contributed by atoms with Crippen LogP contribution in [0, 0.1) is 0 Å². The molecule has 1 aliphatic heterocycles. The normalized spacial score (nSPS) is 17.9. The summed E-state index contributed by atoms with van der Waals surface area (Å²) in [4.78, 5) is 34.8. The summed E-state index contributed by atoms with van der Waals surface area (Å²) in [6.45, 7) is 0.582. The molecule has 2 aromatic carbocycles. The average Bonchev–Trinajstić information content (AvgIpc) is 3.25. The fourth-order valence-electron chi connectivity index (χ4n) is 4.78. The Morgan fingerprint density at radius 3 is 2.41 bits per heavy atom. The van der Waals surface area contributed by atoms with E-state index in [9.17, 15) is 9.59 Å². The highest BCUT2D eigenvalue weighted by atomic mass is 16.2. The third-order valence-electron chi connectivity index (χ3n) is 6.24. The third kappa shape index (κ3) is 4.28. The van der Waals surface area contributed by atoms with Crippen LogP contribution < -0.4 is 0 Å². The van der Waals surface area contributed by atoms with Gasteiger partial charge in [0.2, 0.25) is 11.8 Å². The van der Waals surface area contributed by atoms with Gasteiger partial charge < -0.3 is 9.80 Å². The smallest absolute Gasteiger partial charge is 0.248 e. The minimum atomic E-state index is -0.889. The monoisotopic (exact) mass is 427 g/mol. The highest BCUT2D eigenvalue weighted by Crippen LogP contribution is 2.37. The zero-order valence-electron chi connectivity index (χ0n) is 18.7. The molecule has 1 atom stereocenters. The van der Waals surface area contributed by atoms with Crippen LogP contribution in [-0.2, 0) is 22.4 Å². The number of aromatic nitrogens is 1. The Kier molecular flexibility index (Phi) is 6.35. The number of pyridine rings is 1. The number of amides is 2. The van der Waals surface area contributed by atoms with Crippen LogP contribution in [0.5, 0.6) is 0 Å². The predicted molar refractivity (Wildman–Crippen MR) is 126 cm³/mol. The number of likely N-dealkylation sites (tertiary alicyclic amines) is 1. The van der Waals surface area contributed by atoms with Gasteiger partial charge in [-0.25, -0.2) is 0 Å². The molecule has 1 fully saturated rings. The van der Waals surface area contributed by atoms with Crippen molar-refractivity contribution in [3.63, 3.8) is 0 Å². The Balaban J connectivity index is 1.72. The molecule has 2 amide bonds. The molecule has 0 aliphatic carbocycles. The topological polar surface area (TPSA) is 53.5 Å². The Labute approximate surface area is 189 Å². The van der Waals surface area contributed by atoms with Crippen molar-refractivity contribution in [3.8, 4) is 11.1 Å². The Morgan fingerprint density at radius 2 is 1.69 bits per heavy atom. The first-order valence-corrected chi connectivity index (χ1v) is 11.1. The van der Waals surface area contributed by atoms with Crippen molar-refractivity contribution in [2.24, 2.45) is 0 Å². The predicted octanol–water partition coefficient (Wildman–Crippen LogP) is 3.98. The minimum Gasteiger partial charge on any atom is -0.347 e. The van der Waals surface area contributed by atoms with Crippen molar-refractivity contribution >= 4 is 11.8 Å². The standard InChI is InChI=1S/C27H29N3O2/c1-29(2)26(32)27(16-10-18-30(27)25(31)19-23-14-8-9-17-28-23)20-22-13-6-7-15-24(22)21-11-4-3-5-12-21/h3-9,11-15,17H,10,16,18-20H2,1-2H3. The van der Waals surface area contributed by atoms with E-state index in [1.54, 1.807) is 25.2 Å². The van der Waals surface area contributed by atoms with Gasteiger partial charge in [0.1, 0.15) is 5.54 Å². The van der Waals surface area contributed by atoms with E-state index in [-0.39, 0.29) is 18.2 Å². The van der Waals surface area contributed by atoms with Crippen molar-refractivity contribution in [1.82, 2.24) is 14.8 Å². The van der Waals surface area contributed by atoms with Crippen molar-refractivity contribution in [2.45, 2.75) is 31.2 Å². The Hall–Kier alpha value is -3.47. The number of nitrogens with zero attached hydrogens (tertiary/aromatic N) is 3. The first-order chi connectivity index (χ1) is 15.5. The maximum absolute atomic E-state index is 13.6. The van der Waals surface area contributed by atoms with E-state index in [1.165, 1.54) is 0 Å². The lowest BCUT2D eigenvalue weighted by Gasteiger charge is -2.39. The van der Waals surface area contributed by atoms with Crippen LogP contribution in [0.1, 0.15) is 24.1 Å². The Bertz CT molecular complexity index is 1080. The van der Waals surface area contributed by atoms with Crippen LogP contribution in [0.2, 0.25) is 0 Å². The van der Waals surface area contributed by atoms with Crippen LogP contribution in [0.25, 0.3) is 11.1 Å². The quantitative estimate of drug-likeness (QED) is 0.598. The summed E-state index contributed by atoms with van der Waals surface area (Å²) < 4.78 is 0. The van der Waals surface area contributed by atoms with Gasteiger partial charge in [0, 0.05) is 39.0 Å². The molecule has 0 spiro atoms. The second-order valence-electron chi connectivity index (χ2n) is 8.58. The molecular weight excluding hydrogens is 398 g/mol. The molecule has 0 saturated carbocycles. The van der Waals surface area contributed by atoms with Gasteiger partial charge in [-0.05, 0) is 41.7 Å². The van der Waals surface area contributed by atoms with Crippen LogP contribution in [0.3, 0.4) is 0 Å². The van der Waals surface area contributed by atoms with Crippen molar-refractivity contribution in [2.75, 3.05) is 20.6 Å². The van der Waals surface area contributed by atoms with Gasteiger partial charge in [-0.2, -0.15) is 0 Å². The molecule has 1 unspecified atom stereocenters. The van der Waals surface area contributed by atoms with Crippen molar-refractivity contribution in [3.05, 3.63) is 90.3 Å². The molecule has 2 heterocycles. The number of likely N-dealkylation sites (N-methyl/N-ethyl adjacent to an activating group) is 1. The summed E-state index contributed by atoms with van der Waals surface area (Å²) in [6, 6.07) is 24.0. The SMILES string of the molecule is CN(C)C(=O)C1(Cc2ccccc2-c2ccccc2)CCCN1C(=O)Cc1ccccn1. The van der Waals surface area contributed by atoms with Gasteiger partial charge in [-0.15, -0.1) is 0 Å². The lowest BCUT2D eigenvalue weighted by molar-refractivity contribution is -0.149. The number of rotatable bonds is 6. The van der Waals surface area contributed by atoms with E-state index < -0.39 is 5.54 Å². The number of hydrogen-bond acceptors (Lipinski definition) is 3. The molecule has 32 heavy (non-hydrogen) atoms. The van der Waals surface area contributed by atoms with E-state index in [0.29, 0.717) is 19.4 Å². The largest absolute Gasteiger partial charge is 0.347 e. The van der Waals surface area contributed by atoms with E-state index in [4.69, 9.17) is 0 Å². The van der Waals surface area contributed by atoms with Gasteiger partial charge in [-0.1, -0.05) is 60.7 Å². The molecule has 3 aromatic rings. The van der Waals surface area contributed by atoms with E-state index >= 15 is 0 Å². The summed E-state index contributed by atoms with van der Waals surface area (Å²) >= 11 is 0. The zero-order chi connectivity index (χ0) is 22.6. The number of carbonyl (C=O) groups is 2. The summed E-state index contributed by atoms with van der Waals surface area (Å²) in [7, 11) is 3.54. The first-order valence-electron chi connectivity index (χ1n) is 11.1. The molecule has 0 N–H and O–H groups in total. The second kappa shape index (κ2) is 9.35. The molecular formula is C27H29N3O2. The molecule has 1 aliphatic rings. The minimum absolute atomic E-state index is 0.0211. The number of carbonyl (C=O) groups excluding carboxylic acids is 2. The second-order valence-corrected chi connectivity index (χ2v) is 8.58. The molecule has 5 heteroatoms. The molecule has 0 radical (unpaired) electrons. The highest BCUT2D eigenvalue weighted by Gasteiger charge is 2.50. The third-order valence-corrected chi connectivity index (χ3v) is 6.24. The fourth-order valence-corrected chi connectivity index (χ4v) is 4.78. The van der Waals surface area contributed by atoms with Gasteiger partial charge in [0.15, 0.2) is 0 Å². The van der Waals surface area contributed by atoms with Crippen LogP contribution in [-0.4, -0.2) is 52.8 Å². The van der Waals surface area contributed by atoms with E-state index in [2.05, 4.69) is 29.2 Å². The van der Waals surface area contributed by atoms with Crippen LogP contribution in [0.15, 0.2) is 79.0 Å². The van der Waals surface area contributed by atoms with Gasteiger partial charge in [0.05, 0.1) is 6.42 Å². The molecule has 1 aromatic heterocycles. The fraction of sp³-hybridized carbons (Fsp3) is 0.296. The first kappa shape index (κ1) is 21.8.